The van der Waals surface area contributed by atoms with Crippen LogP contribution in [0.1, 0.15) is 22.3 Å². The number of hydrogen-bond donors (Lipinski definition) is 0. The van der Waals surface area contributed by atoms with E-state index in [0.29, 0.717) is 28.1 Å². The lowest BCUT2D eigenvalue weighted by molar-refractivity contribution is 1.15. The van der Waals surface area contributed by atoms with E-state index in [9.17, 15) is 21.0 Å². The van der Waals surface area contributed by atoms with Crippen LogP contribution in [0.4, 0.5) is 0 Å². The van der Waals surface area contributed by atoms with E-state index in [1.54, 1.807) is 0 Å². The van der Waals surface area contributed by atoms with Gasteiger partial charge in [-0.2, -0.15) is 21.0 Å². The number of aromatic nitrogens is 4. The molecule has 15 aromatic rings. The summed E-state index contributed by atoms with van der Waals surface area (Å²) in [4.78, 5) is 11.1. The highest BCUT2D eigenvalue weighted by Gasteiger charge is 2.26. The first-order valence-corrected chi connectivity index (χ1v) is 28.9. The normalized spacial score (nSPS) is 11.1. The number of nitrogens with zero attached hydrogens (tertiary/aromatic N) is 8. The van der Waals surface area contributed by atoms with Gasteiger partial charge in [0.2, 0.25) is 0 Å². The van der Waals surface area contributed by atoms with Crippen molar-refractivity contribution in [1.82, 2.24) is 19.1 Å². The maximum atomic E-state index is 10.4. The largest absolute Gasteiger partial charge is 0.309 e. The summed E-state index contributed by atoms with van der Waals surface area (Å²) in [5.74, 6) is 0.530. The van der Waals surface area contributed by atoms with Gasteiger partial charge in [-0.15, -0.1) is 0 Å². The molecule has 3 aromatic heterocycles. The van der Waals surface area contributed by atoms with Crippen LogP contribution in [0.25, 0.3) is 145 Å². The number of rotatable bonds is 10. The quantitative estimate of drug-likeness (QED) is 0.134. The van der Waals surface area contributed by atoms with Crippen molar-refractivity contribution >= 4 is 43.6 Å². The van der Waals surface area contributed by atoms with Gasteiger partial charge in [-0.1, -0.05) is 188 Å². The van der Waals surface area contributed by atoms with Gasteiger partial charge in [-0.3, -0.25) is 0 Å². The van der Waals surface area contributed by atoms with Crippen LogP contribution in [0, 0.1) is 45.3 Å². The molecule has 0 atom stereocenters. The predicted octanol–water partition coefficient (Wildman–Crippen LogP) is 19.5. The van der Waals surface area contributed by atoms with Gasteiger partial charge in [0.15, 0.2) is 5.82 Å². The highest BCUT2D eigenvalue weighted by molar-refractivity contribution is 6.15. The number of hydrogen-bond acceptors (Lipinski definition) is 6. The van der Waals surface area contributed by atoms with Crippen molar-refractivity contribution in [2.75, 3.05) is 0 Å². The van der Waals surface area contributed by atoms with E-state index in [1.807, 2.05) is 133 Å². The fourth-order valence-corrected chi connectivity index (χ4v) is 12.7. The van der Waals surface area contributed by atoms with Gasteiger partial charge in [-0.25, -0.2) is 9.97 Å². The van der Waals surface area contributed by atoms with E-state index in [1.165, 1.54) is 0 Å². The summed E-state index contributed by atoms with van der Waals surface area (Å²) in [5.41, 5.74) is 20.7. The second-order valence-electron chi connectivity index (χ2n) is 21.6. The average Bonchev–Trinajstić information content (AvgIpc) is 1.57. The Labute approximate surface area is 507 Å². The first kappa shape index (κ1) is 52.1. The van der Waals surface area contributed by atoms with Crippen LogP contribution in [0.3, 0.4) is 0 Å². The van der Waals surface area contributed by atoms with E-state index in [-0.39, 0.29) is 0 Å². The molecule has 0 unspecified atom stereocenters. The summed E-state index contributed by atoms with van der Waals surface area (Å²) in [5, 5.41) is 45.4. The maximum absolute atomic E-state index is 10.4. The summed E-state index contributed by atoms with van der Waals surface area (Å²) in [6, 6.07) is 104. The molecule has 0 radical (unpaired) electrons. The molecule has 0 saturated heterocycles. The lowest BCUT2D eigenvalue weighted by atomic mass is 9.94. The number of nitriles is 4. The second-order valence-corrected chi connectivity index (χ2v) is 21.6. The third kappa shape index (κ3) is 8.83. The molecule has 0 aliphatic rings. The summed E-state index contributed by atoms with van der Waals surface area (Å²) >= 11 is 0. The van der Waals surface area contributed by atoms with Gasteiger partial charge in [-0.05, 0) is 136 Å². The summed E-state index contributed by atoms with van der Waals surface area (Å²) in [6.07, 6.45) is 0. The maximum Gasteiger partial charge on any atom is 0.161 e. The summed E-state index contributed by atoms with van der Waals surface area (Å²) in [7, 11) is 0. The average molecular weight is 1120 g/mol. The van der Waals surface area contributed by atoms with Crippen molar-refractivity contribution in [2.45, 2.75) is 0 Å². The Kier molecular flexibility index (Phi) is 12.9. The first-order valence-electron chi connectivity index (χ1n) is 28.9. The van der Waals surface area contributed by atoms with Gasteiger partial charge < -0.3 is 9.13 Å². The Hall–Kier alpha value is -12.7. The standard InChI is InChI=1S/C80H46N8/c81-47-57-22-7-11-26-61(57)53-34-38-74-67(42-53)68-43-54(62-27-12-8-23-58(62)48-82)35-39-75(68)87(74)73-32-16-15-30-65(73)79-66(80-85-71(51-18-3-1-4-19-51)46-72(86-80)52-20-5-2-6-21-52)31-17-33-78(79)88-76-40-36-55(63-28-13-9-24-59(63)49-83)44-69(76)70-45-56(37-41-77(70)88)64-29-14-10-25-60(64)50-84/h1-46H. The van der Waals surface area contributed by atoms with Crippen LogP contribution in [0.15, 0.2) is 279 Å². The van der Waals surface area contributed by atoms with E-state index < -0.39 is 0 Å². The summed E-state index contributed by atoms with van der Waals surface area (Å²) in [6.45, 7) is 0. The minimum atomic E-state index is 0.530. The van der Waals surface area contributed by atoms with Gasteiger partial charge in [0.25, 0.3) is 0 Å². The predicted molar refractivity (Wildman–Crippen MR) is 353 cm³/mol. The van der Waals surface area contributed by atoms with Gasteiger partial charge in [0, 0.05) is 49.4 Å². The molecule has 406 valence electrons. The molecule has 0 spiro atoms. The molecule has 0 saturated carbocycles. The lowest BCUT2D eigenvalue weighted by Crippen LogP contribution is -2.05. The molecular formula is C80H46N8. The van der Waals surface area contributed by atoms with E-state index in [0.717, 1.165) is 139 Å². The molecule has 0 fully saturated rings. The van der Waals surface area contributed by atoms with Crippen LogP contribution in [-0.2, 0) is 0 Å². The fraction of sp³-hybridized carbons (Fsp3) is 0. The minimum absolute atomic E-state index is 0.530. The molecule has 0 aliphatic heterocycles. The monoisotopic (exact) mass is 1120 g/mol. The van der Waals surface area contributed by atoms with E-state index in [2.05, 4.69) is 179 Å². The van der Waals surface area contributed by atoms with Crippen molar-refractivity contribution in [3.63, 3.8) is 0 Å². The number of benzene rings is 12. The fourth-order valence-electron chi connectivity index (χ4n) is 12.7. The smallest absolute Gasteiger partial charge is 0.161 e. The Morgan fingerprint density at radius 2 is 0.557 bits per heavy atom. The van der Waals surface area contributed by atoms with Crippen LogP contribution in [-0.4, -0.2) is 19.1 Å². The first-order chi connectivity index (χ1) is 43.5. The third-order valence-corrected chi connectivity index (χ3v) is 16.8. The molecule has 0 bridgehead atoms. The zero-order valence-electron chi connectivity index (χ0n) is 47.1. The topological polar surface area (TPSA) is 131 Å². The molecule has 3 heterocycles. The van der Waals surface area contributed by atoms with E-state index >= 15 is 0 Å². The van der Waals surface area contributed by atoms with Crippen LogP contribution < -0.4 is 0 Å². The highest BCUT2D eigenvalue weighted by atomic mass is 15.0. The Morgan fingerprint density at radius 3 is 0.932 bits per heavy atom. The summed E-state index contributed by atoms with van der Waals surface area (Å²) < 4.78 is 4.67. The molecule has 0 N–H and O–H groups in total. The number of fused-ring (bicyclic) bond motifs is 6. The van der Waals surface area contributed by atoms with Crippen LogP contribution in [0.5, 0.6) is 0 Å². The molecule has 12 aromatic carbocycles. The molecule has 0 amide bonds. The molecule has 15 rings (SSSR count). The van der Waals surface area contributed by atoms with Crippen LogP contribution >= 0.6 is 0 Å². The minimum Gasteiger partial charge on any atom is -0.309 e. The molecule has 88 heavy (non-hydrogen) atoms. The van der Waals surface area contributed by atoms with Crippen molar-refractivity contribution in [3.8, 4) is 125 Å². The van der Waals surface area contributed by atoms with Crippen molar-refractivity contribution in [3.05, 3.63) is 301 Å². The Bertz CT molecular complexity index is 5220. The highest BCUT2D eigenvalue weighted by Crippen LogP contribution is 2.47. The SMILES string of the molecule is N#Cc1ccccc1-c1ccc2c(c1)c1cc(-c3ccccc3C#N)ccc1n2-c1ccccc1-c1c(-c2nc(-c3ccccc3)cc(-c3ccccc3)n2)cccc1-n1c2ccc(-c3ccccc3C#N)cc2c2cc(-c3ccccc3C#N)ccc21. The number of para-hydroxylation sites is 1. The molecule has 8 nitrogen and oxygen atoms in total. The molecule has 8 heteroatoms. The van der Waals surface area contributed by atoms with Crippen molar-refractivity contribution < 1.29 is 0 Å². The van der Waals surface area contributed by atoms with Gasteiger partial charge in [0.05, 0.1) is 91.4 Å². The van der Waals surface area contributed by atoms with Gasteiger partial charge >= 0.3 is 0 Å². The van der Waals surface area contributed by atoms with Crippen molar-refractivity contribution in [2.24, 2.45) is 0 Å². The zero-order chi connectivity index (χ0) is 59.2. The van der Waals surface area contributed by atoms with Crippen molar-refractivity contribution in [1.29, 1.82) is 21.0 Å². The van der Waals surface area contributed by atoms with Gasteiger partial charge in [0.1, 0.15) is 0 Å². The third-order valence-electron chi connectivity index (χ3n) is 16.8. The lowest BCUT2D eigenvalue weighted by Gasteiger charge is -2.22. The zero-order valence-corrected chi connectivity index (χ0v) is 47.1. The van der Waals surface area contributed by atoms with E-state index in [4.69, 9.17) is 9.97 Å². The molecular weight excluding hydrogens is 1070 g/mol. The second kappa shape index (κ2) is 21.8. The Balaban J connectivity index is 1.06. The Morgan fingerprint density at radius 1 is 0.250 bits per heavy atom. The molecule has 0 aliphatic carbocycles. The van der Waals surface area contributed by atoms with Crippen LogP contribution in [0.2, 0.25) is 0 Å².